The van der Waals surface area contributed by atoms with Crippen molar-refractivity contribution in [2.75, 3.05) is 0 Å². The number of aromatic hydroxyl groups is 2. The molecule has 0 aliphatic carbocycles. The van der Waals surface area contributed by atoms with E-state index < -0.39 is 12.6 Å². The molecule has 0 aromatic heterocycles. The average molecular weight is 278 g/mol. The van der Waals surface area contributed by atoms with Crippen LogP contribution in [0, 0.1) is 0 Å². The molecule has 106 valence electrons. The first-order valence-electron chi connectivity index (χ1n) is 5.82. The molecule has 0 saturated heterocycles. The van der Waals surface area contributed by atoms with Crippen LogP contribution in [0.2, 0.25) is 0 Å². The molecule has 0 aliphatic heterocycles. The molecular weight excluding hydrogens is 264 g/mol. The summed E-state index contributed by atoms with van der Waals surface area (Å²) in [6.07, 6.45) is -2.80. The van der Waals surface area contributed by atoms with Gasteiger partial charge in [-0.1, -0.05) is 24.3 Å². The van der Waals surface area contributed by atoms with Crippen molar-refractivity contribution in [2.45, 2.75) is 12.6 Å². The highest BCUT2D eigenvalue weighted by atomic mass is 17.2. The molecular formula is C14H14O6. The number of hydrogen-bond donors (Lipinski definition) is 4. The summed E-state index contributed by atoms with van der Waals surface area (Å²) in [5, 5.41) is 37.6. The summed E-state index contributed by atoms with van der Waals surface area (Å²) in [5.41, 5.74) is 0.724. The van der Waals surface area contributed by atoms with E-state index in [-0.39, 0.29) is 11.5 Å². The Morgan fingerprint density at radius 3 is 1.20 bits per heavy atom. The number of aliphatic hydroxyl groups excluding tert-OH is 2. The monoisotopic (exact) mass is 278 g/mol. The van der Waals surface area contributed by atoms with E-state index in [0.29, 0.717) is 11.1 Å². The molecule has 6 heteroatoms. The van der Waals surface area contributed by atoms with E-state index in [1.54, 1.807) is 0 Å². The van der Waals surface area contributed by atoms with Crippen LogP contribution in [0.15, 0.2) is 48.5 Å². The van der Waals surface area contributed by atoms with Gasteiger partial charge in [0.15, 0.2) is 0 Å². The molecule has 0 amide bonds. The Morgan fingerprint density at radius 2 is 0.900 bits per heavy atom. The Labute approximate surface area is 115 Å². The average Bonchev–Trinajstić information content (AvgIpc) is 2.46. The summed E-state index contributed by atoms with van der Waals surface area (Å²) in [6, 6.07) is 11.4. The molecule has 2 unspecified atom stereocenters. The molecule has 20 heavy (non-hydrogen) atoms. The molecule has 0 spiro atoms. The molecule has 0 saturated carbocycles. The summed E-state index contributed by atoms with van der Waals surface area (Å²) in [7, 11) is 0. The van der Waals surface area contributed by atoms with Gasteiger partial charge in [0.1, 0.15) is 11.5 Å². The molecule has 2 aromatic carbocycles. The first-order valence-corrected chi connectivity index (χ1v) is 5.82. The number of aliphatic hydroxyl groups is 2. The summed E-state index contributed by atoms with van der Waals surface area (Å²) in [6.45, 7) is 0. The molecule has 2 rings (SSSR count). The minimum Gasteiger partial charge on any atom is -0.508 e. The van der Waals surface area contributed by atoms with Crippen molar-refractivity contribution in [3.05, 3.63) is 59.7 Å². The third-order valence-corrected chi connectivity index (χ3v) is 2.59. The lowest BCUT2D eigenvalue weighted by atomic mass is 10.2. The maximum atomic E-state index is 9.67. The fourth-order valence-corrected chi connectivity index (χ4v) is 1.49. The van der Waals surface area contributed by atoms with Crippen LogP contribution in [0.1, 0.15) is 23.7 Å². The fraction of sp³-hybridized carbons (Fsp3) is 0.143. The number of phenols is 2. The van der Waals surface area contributed by atoms with E-state index in [4.69, 9.17) is 10.2 Å². The lowest BCUT2D eigenvalue weighted by Gasteiger charge is -2.15. The maximum Gasteiger partial charge on any atom is 0.215 e. The highest BCUT2D eigenvalue weighted by molar-refractivity contribution is 5.27. The Balaban J connectivity index is 1.91. The topological polar surface area (TPSA) is 99.4 Å². The van der Waals surface area contributed by atoms with E-state index in [9.17, 15) is 10.2 Å². The maximum absolute atomic E-state index is 9.67. The van der Waals surface area contributed by atoms with Gasteiger partial charge < -0.3 is 20.4 Å². The van der Waals surface area contributed by atoms with E-state index in [1.165, 1.54) is 48.5 Å². The smallest absolute Gasteiger partial charge is 0.215 e. The van der Waals surface area contributed by atoms with E-state index in [1.807, 2.05) is 0 Å². The van der Waals surface area contributed by atoms with Crippen molar-refractivity contribution in [3.63, 3.8) is 0 Å². The number of hydrogen-bond acceptors (Lipinski definition) is 6. The third kappa shape index (κ3) is 3.69. The molecule has 0 aliphatic rings. The zero-order valence-electron chi connectivity index (χ0n) is 10.4. The SMILES string of the molecule is Oc1ccc(C(O)OOC(O)c2ccc(O)cc2)cc1. The van der Waals surface area contributed by atoms with Gasteiger partial charge in [-0.25, -0.2) is 0 Å². The normalized spacial score (nSPS) is 13.9. The van der Waals surface area contributed by atoms with Gasteiger partial charge in [-0.2, -0.15) is 9.78 Å². The lowest BCUT2D eigenvalue weighted by Crippen LogP contribution is -2.09. The van der Waals surface area contributed by atoms with E-state index in [0.717, 1.165) is 0 Å². The lowest BCUT2D eigenvalue weighted by molar-refractivity contribution is -0.431. The van der Waals surface area contributed by atoms with Gasteiger partial charge in [0.2, 0.25) is 12.6 Å². The van der Waals surface area contributed by atoms with Gasteiger partial charge in [-0.05, 0) is 24.3 Å². The second-order valence-corrected chi connectivity index (χ2v) is 4.08. The van der Waals surface area contributed by atoms with Crippen molar-refractivity contribution in [1.29, 1.82) is 0 Å². The Hall–Kier alpha value is -2.12. The molecule has 0 radical (unpaired) electrons. The number of rotatable bonds is 5. The molecule has 4 N–H and O–H groups in total. The zero-order valence-corrected chi connectivity index (χ0v) is 10.4. The van der Waals surface area contributed by atoms with Crippen LogP contribution >= 0.6 is 0 Å². The van der Waals surface area contributed by atoms with Crippen LogP contribution in [-0.4, -0.2) is 20.4 Å². The zero-order chi connectivity index (χ0) is 14.5. The predicted octanol–water partition coefficient (Wildman–Crippen LogP) is 1.73. The van der Waals surface area contributed by atoms with E-state index >= 15 is 0 Å². The summed E-state index contributed by atoms with van der Waals surface area (Å²) in [5.74, 6) is 0.122. The number of benzene rings is 2. The Bertz CT molecular complexity index is 485. The summed E-state index contributed by atoms with van der Waals surface area (Å²) in [4.78, 5) is 9.35. The van der Waals surface area contributed by atoms with E-state index in [2.05, 4.69) is 9.78 Å². The van der Waals surface area contributed by atoms with Crippen LogP contribution in [0.25, 0.3) is 0 Å². The summed E-state index contributed by atoms with van der Waals surface area (Å²) >= 11 is 0. The first kappa shape index (κ1) is 14.3. The molecule has 0 heterocycles. The molecule has 0 bridgehead atoms. The largest absolute Gasteiger partial charge is 0.508 e. The van der Waals surface area contributed by atoms with Gasteiger partial charge in [0.25, 0.3) is 0 Å². The van der Waals surface area contributed by atoms with Gasteiger partial charge in [-0.15, -0.1) is 0 Å². The minimum absolute atomic E-state index is 0.0611. The first-order chi connectivity index (χ1) is 9.56. The van der Waals surface area contributed by atoms with Gasteiger partial charge in [0.05, 0.1) is 0 Å². The van der Waals surface area contributed by atoms with Crippen LogP contribution in [-0.2, 0) is 9.78 Å². The quantitative estimate of drug-likeness (QED) is 0.377. The van der Waals surface area contributed by atoms with Crippen LogP contribution < -0.4 is 0 Å². The highest BCUT2D eigenvalue weighted by Gasteiger charge is 2.14. The summed E-state index contributed by atoms with van der Waals surface area (Å²) < 4.78 is 0. The molecule has 6 nitrogen and oxygen atoms in total. The highest BCUT2D eigenvalue weighted by Crippen LogP contribution is 2.22. The third-order valence-electron chi connectivity index (χ3n) is 2.59. The van der Waals surface area contributed by atoms with Gasteiger partial charge in [-0.3, -0.25) is 0 Å². The number of phenolic OH excluding ortho intramolecular Hbond substituents is 2. The Morgan fingerprint density at radius 1 is 0.600 bits per heavy atom. The van der Waals surface area contributed by atoms with Crippen LogP contribution in [0.5, 0.6) is 11.5 Å². The van der Waals surface area contributed by atoms with Crippen molar-refractivity contribution in [1.82, 2.24) is 0 Å². The Kier molecular flexibility index (Phi) is 4.54. The van der Waals surface area contributed by atoms with Crippen molar-refractivity contribution in [2.24, 2.45) is 0 Å². The van der Waals surface area contributed by atoms with Gasteiger partial charge in [0, 0.05) is 11.1 Å². The molecule has 0 fully saturated rings. The molecule has 2 atom stereocenters. The second kappa shape index (κ2) is 6.36. The fourth-order valence-electron chi connectivity index (χ4n) is 1.49. The van der Waals surface area contributed by atoms with Crippen molar-refractivity contribution in [3.8, 4) is 11.5 Å². The van der Waals surface area contributed by atoms with Crippen molar-refractivity contribution < 1.29 is 30.2 Å². The standard InChI is InChI=1S/C14H14O6/c15-11-5-1-9(2-6-11)13(17)19-20-14(18)10-3-7-12(16)8-4-10/h1-8,13-18H. The molecule has 2 aromatic rings. The van der Waals surface area contributed by atoms with Crippen LogP contribution in [0.3, 0.4) is 0 Å². The van der Waals surface area contributed by atoms with Gasteiger partial charge >= 0.3 is 0 Å². The van der Waals surface area contributed by atoms with Crippen LogP contribution in [0.4, 0.5) is 0 Å². The predicted molar refractivity (Wildman–Crippen MR) is 68.3 cm³/mol. The van der Waals surface area contributed by atoms with Crippen molar-refractivity contribution >= 4 is 0 Å². The minimum atomic E-state index is -1.40. The second-order valence-electron chi connectivity index (χ2n) is 4.08.